The summed E-state index contributed by atoms with van der Waals surface area (Å²) < 4.78 is 1.22. The van der Waals surface area contributed by atoms with Gasteiger partial charge in [0.05, 0.1) is 5.02 Å². The van der Waals surface area contributed by atoms with E-state index >= 15 is 0 Å². The number of pyridine rings is 1. The molecule has 1 aromatic heterocycles. The number of aromatic hydroxyl groups is 1. The van der Waals surface area contributed by atoms with Gasteiger partial charge in [0, 0.05) is 19.3 Å². The predicted molar refractivity (Wildman–Crippen MR) is 38.4 cm³/mol. The van der Waals surface area contributed by atoms with Gasteiger partial charge in [-0.05, 0) is 0 Å². The average molecular weight is 160 g/mol. The summed E-state index contributed by atoms with van der Waals surface area (Å²) in [4.78, 5) is 10.8. The molecular formula is C6H6ClNO2. The van der Waals surface area contributed by atoms with E-state index in [4.69, 9.17) is 16.7 Å². The molecule has 0 unspecified atom stereocenters. The Morgan fingerprint density at radius 3 is 2.80 bits per heavy atom. The zero-order chi connectivity index (χ0) is 7.72. The summed E-state index contributed by atoms with van der Waals surface area (Å²) >= 11 is 5.50. The van der Waals surface area contributed by atoms with Crippen molar-refractivity contribution in [3.05, 3.63) is 27.6 Å². The van der Waals surface area contributed by atoms with Crippen molar-refractivity contribution in [2.45, 2.75) is 0 Å². The Labute approximate surface area is 62.5 Å². The van der Waals surface area contributed by atoms with Gasteiger partial charge < -0.3 is 9.67 Å². The lowest BCUT2D eigenvalue weighted by Gasteiger charge is -1.97. The fraction of sp³-hybridized carbons (Fsp3) is 0.167. The fourth-order valence-electron chi connectivity index (χ4n) is 0.654. The molecule has 0 atom stereocenters. The first-order valence-corrected chi connectivity index (χ1v) is 3.04. The average Bonchev–Trinajstić information content (AvgIpc) is 1.82. The first-order chi connectivity index (χ1) is 4.61. The number of halogens is 1. The minimum Gasteiger partial charge on any atom is -0.503 e. The first kappa shape index (κ1) is 7.15. The highest BCUT2D eigenvalue weighted by Gasteiger charge is 1.98. The van der Waals surface area contributed by atoms with Crippen molar-refractivity contribution in [3.8, 4) is 5.75 Å². The van der Waals surface area contributed by atoms with E-state index in [1.807, 2.05) is 0 Å². The number of aryl methyl sites for hydroxylation is 1. The van der Waals surface area contributed by atoms with Crippen LogP contribution in [0.3, 0.4) is 0 Å². The van der Waals surface area contributed by atoms with Crippen LogP contribution in [0.1, 0.15) is 0 Å². The molecule has 0 bridgehead atoms. The van der Waals surface area contributed by atoms with Crippen molar-refractivity contribution < 1.29 is 5.11 Å². The van der Waals surface area contributed by atoms with Gasteiger partial charge in [0.25, 0.3) is 5.56 Å². The highest BCUT2D eigenvalue weighted by molar-refractivity contribution is 6.30. The summed E-state index contributed by atoms with van der Waals surface area (Å²) in [6.07, 6.45) is 1.43. The molecule has 0 saturated carbocycles. The number of nitrogens with zero attached hydrogens (tertiary/aromatic N) is 1. The van der Waals surface area contributed by atoms with Crippen LogP contribution in [0.15, 0.2) is 17.1 Å². The lowest BCUT2D eigenvalue weighted by Crippen LogP contribution is -2.14. The SMILES string of the molecule is Cn1cc(Cl)cc(O)c1=O. The molecule has 1 rings (SSSR count). The van der Waals surface area contributed by atoms with Gasteiger partial charge in [0.2, 0.25) is 0 Å². The van der Waals surface area contributed by atoms with Crippen molar-refractivity contribution in [2.24, 2.45) is 7.05 Å². The highest BCUT2D eigenvalue weighted by atomic mass is 35.5. The lowest BCUT2D eigenvalue weighted by molar-refractivity contribution is 0.461. The molecule has 0 spiro atoms. The summed E-state index contributed by atoms with van der Waals surface area (Å²) in [5, 5.41) is 9.21. The molecule has 0 aromatic carbocycles. The molecule has 0 radical (unpaired) electrons. The number of hydrogen-bond acceptors (Lipinski definition) is 2. The Hall–Kier alpha value is -0.960. The van der Waals surface area contributed by atoms with E-state index in [0.29, 0.717) is 5.02 Å². The van der Waals surface area contributed by atoms with Crippen LogP contribution in [0, 0.1) is 0 Å². The Bertz CT molecular complexity index is 279. The van der Waals surface area contributed by atoms with Gasteiger partial charge in [-0.2, -0.15) is 0 Å². The molecule has 54 valence electrons. The van der Waals surface area contributed by atoms with Crippen LogP contribution in [0.2, 0.25) is 5.02 Å². The van der Waals surface area contributed by atoms with E-state index in [0.717, 1.165) is 0 Å². The molecule has 0 amide bonds. The Kier molecular flexibility index (Phi) is 1.68. The van der Waals surface area contributed by atoms with Crippen LogP contribution >= 0.6 is 11.6 Å². The maximum atomic E-state index is 10.8. The predicted octanol–water partition coefficient (Wildman–Crippen LogP) is 0.744. The van der Waals surface area contributed by atoms with Crippen LogP contribution in [0.5, 0.6) is 5.75 Å². The topological polar surface area (TPSA) is 42.2 Å². The van der Waals surface area contributed by atoms with Crippen molar-refractivity contribution in [1.82, 2.24) is 4.57 Å². The third-order valence-electron chi connectivity index (χ3n) is 1.13. The van der Waals surface area contributed by atoms with Crippen molar-refractivity contribution in [2.75, 3.05) is 0 Å². The Morgan fingerprint density at radius 2 is 2.30 bits per heavy atom. The van der Waals surface area contributed by atoms with Gasteiger partial charge in [-0.1, -0.05) is 11.6 Å². The molecular weight excluding hydrogens is 154 g/mol. The molecule has 3 nitrogen and oxygen atoms in total. The van der Waals surface area contributed by atoms with Gasteiger partial charge >= 0.3 is 0 Å². The summed E-state index contributed by atoms with van der Waals surface area (Å²) in [5.74, 6) is -0.324. The van der Waals surface area contributed by atoms with Gasteiger partial charge in [-0.15, -0.1) is 0 Å². The number of aromatic nitrogens is 1. The third-order valence-corrected chi connectivity index (χ3v) is 1.34. The Morgan fingerprint density at radius 1 is 1.70 bits per heavy atom. The second kappa shape index (κ2) is 2.34. The number of hydrogen-bond donors (Lipinski definition) is 1. The number of rotatable bonds is 0. The molecule has 1 heterocycles. The van der Waals surface area contributed by atoms with Crippen LogP contribution in [-0.2, 0) is 7.05 Å². The molecule has 1 aromatic rings. The maximum Gasteiger partial charge on any atom is 0.292 e. The van der Waals surface area contributed by atoms with Crippen LogP contribution in [0.4, 0.5) is 0 Å². The molecule has 0 aliphatic heterocycles. The molecule has 0 fully saturated rings. The third kappa shape index (κ3) is 1.14. The maximum absolute atomic E-state index is 10.8. The molecule has 0 saturated heterocycles. The van der Waals surface area contributed by atoms with E-state index in [-0.39, 0.29) is 5.75 Å². The summed E-state index contributed by atoms with van der Waals surface area (Å²) in [7, 11) is 1.52. The van der Waals surface area contributed by atoms with Crippen LogP contribution < -0.4 is 5.56 Å². The second-order valence-corrected chi connectivity index (χ2v) is 2.40. The minimum atomic E-state index is -0.440. The van der Waals surface area contributed by atoms with E-state index in [2.05, 4.69) is 0 Å². The monoisotopic (exact) mass is 159 g/mol. The normalized spacial score (nSPS) is 9.80. The van der Waals surface area contributed by atoms with E-state index in [1.165, 1.54) is 23.9 Å². The van der Waals surface area contributed by atoms with Gasteiger partial charge in [-0.3, -0.25) is 4.79 Å². The highest BCUT2D eigenvalue weighted by Crippen LogP contribution is 2.09. The smallest absolute Gasteiger partial charge is 0.292 e. The summed E-state index contributed by atoms with van der Waals surface area (Å²) in [5.41, 5.74) is -0.440. The first-order valence-electron chi connectivity index (χ1n) is 2.66. The van der Waals surface area contributed by atoms with Crippen LogP contribution in [-0.4, -0.2) is 9.67 Å². The van der Waals surface area contributed by atoms with Gasteiger partial charge in [-0.25, -0.2) is 0 Å². The van der Waals surface area contributed by atoms with Crippen molar-refractivity contribution >= 4 is 11.6 Å². The second-order valence-electron chi connectivity index (χ2n) is 1.96. The van der Waals surface area contributed by atoms with Gasteiger partial charge in [0.1, 0.15) is 0 Å². The van der Waals surface area contributed by atoms with Crippen molar-refractivity contribution in [1.29, 1.82) is 0 Å². The van der Waals surface area contributed by atoms with Crippen molar-refractivity contribution in [3.63, 3.8) is 0 Å². The quantitative estimate of drug-likeness (QED) is 0.607. The van der Waals surface area contributed by atoms with E-state index < -0.39 is 5.56 Å². The zero-order valence-corrected chi connectivity index (χ0v) is 6.09. The van der Waals surface area contributed by atoms with E-state index in [1.54, 1.807) is 0 Å². The summed E-state index contributed by atoms with van der Waals surface area (Å²) in [6.45, 7) is 0. The molecule has 4 heteroatoms. The minimum absolute atomic E-state index is 0.324. The molecule has 0 aliphatic carbocycles. The fourth-order valence-corrected chi connectivity index (χ4v) is 0.904. The molecule has 10 heavy (non-hydrogen) atoms. The van der Waals surface area contributed by atoms with E-state index in [9.17, 15) is 4.79 Å². The van der Waals surface area contributed by atoms with Gasteiger partial charge in [0.15, 0.2) is 5.75 Å². The Balaban J connectivity index is 3.46. The summed E-state index contributed by atoms with van der Waals surface area (Å²) in [6, 6.07) is 1.21. The largest absolute Gasteiger partial charge is 0.503 e. The molecule has 1 N–H and O–H groups in total. The zero-order valence-electron chi connectivity index (χ0n) is 5.34. The van der Waals surface area contributed by atoms with Crippen LogP contribution in [0.25, 0.3) is 0 Å². The molecule has 0 aliphatic rings. The lowest BCUT2D eigenvalue weighted by atomic mass is 10.4. The standard InChI is InChI=1S/C6H6ClNO2/c1-8-3-4(7)2-5(9)6(8)10/h2-3,9H,1H3.